The number of pyridine rings is 1. The lowest BCUT2D eigenvalue weighted by atomic mass is 9.79. The number of fused-ring (bicyclic) bond motifs is 1. The third-order valence-electron chi connectivity index (χ3n) is 8.40. The molecule has 236 valence electrons. The zero-order valence-electron chi connectivity index (χ0n) is 26.7. The number of aromatic nitrogens is 1. The van der Waals surface area contributed by atoms with Crippen LogP contribution < -0.4 is 14.8 Å². The smallest absolute Gasteiger partial charge is 0.345 e. The van der Waals surface area contributed by atoms with E-state index in [0.717, 1.165) is 63.8 Å². The maximum atomic E-state index is 14.5. The molecule has 7 heteroatoms. The quantitative estimate of drug-likeness (QED) is 0.150. The Morgan fingerprint density at radius 1 is 1.00 bits per heavy atom. The van der Waals surface area contributed by atoms with Crippen LogP contribution in [0.1, 0.15) is 90.5 Å². The summed E-state index contributed by atoms with van der Waals surface area (Å²) in [5.41, 5.74) is 7.35. The number of hydrogen-bond donors (Lipinski definition) is 1. The monoisotopic (exact) mass is 618 g/mol. The number of benzene rings is 3. The Morgan fingerprint density at radius 3 is 2.46 bits per heavy atom. The number of esters is 1. The first-order chi connectivity index (χ1) is 22.4. The fraction of sp³-hybridized carbons (Fsp3) is 0.256. The summed E-state index contributed by atoms with van der Waals surface area (Å²) in [6.07, 6.45) is 8.34. The Balaban J connectivity index is 0.00000204. The first-order valence-electron chi connectivity index (χ1n) is 15.8. The SMILES string of the molecule is CC.COc1cc(/C=C2/C(C)=C(CC(=O)NCc3ccccc3)c3cc(F)ccc32)cc(C2CCC2)c1OC(=O)c1cccnc1. The van der Waals surface area contributed by atoms with Crippen molar-refractivity contribution in [2.24, 2.45) is 0 Å². The number of hydrogen-bond acceptors (Lipinski definition) is 5. The van der Waals surface area contributed by atoms with Gasteiger partial charge in [-0.05, 0) is 107 Å². The lowest BCUT2D eigenvalue weighted by Gasteiger charge is -2.28. The fourth-order valence-corrected chi connectivity index (χ4v) is 5.82. The summed E-state index contributed by atoms with van der Waals surface area (Å²) in [5.74, 6) is 0.137. The van der Waals surface area contributed by atoms with Crippen LogP contribution in [0, 0.1) is 5.82 Å². The van der Waals surface area contributed by atoms with Gasteiger partial charge in [0.1, 0.15) is 5.82 Å². The third-order valence-corrected chi connectivity index (χ3v) is 8.40. The van der Waals surface area contributed by atoms with Crippen molar-refractivity contribution < 1.29 is 23.5 Å². The van der Waals surface area contributed by atoms with Crippen LogP contribution in [0.2, 0.25) is 0 Å². The van der Waals surface area contributed by atoms with Crippen LogP contribution in [0.25, 0.3) is 17.2 Å². The molecule has 46 heavy (non-hydrogen) atoms. The van der Waals surface area contributed by atoms with E-state index in [1.165, 1.54) is 18.3 Å². The molecule has 1 saturated carbocycles. The van der Waals surface area contributed by atoms with E-state index in [4.69, 9.17) is 9.47 Å². The molecule has 0 atom stereocenters. The van der Waals surface area contributed by atoms with Gasteiger partial charge >= 0.3 is 5.97 Å². The van der Waals surface area contributed by atoms with E-state index in [1.54, 1.807) is 31.5 Å². The molecule has 0 spiro atoms. The molecule has 1 N–H and O–H groups in total. The van der Waals surface area contributed by atoms with Crippen LogP contribution in [0.4, 0.5) is 4.39 Å². The van der Waals surface area contributed by atoms with Gasteiger partial charge in [0, 0.05) is 24.5 Å². The molecule has 6 rings (SSSR count). The molecule has 0 radical (unpaired) electrons. The third kappa shape index (κ3) is 7.09. The molecule has 0 saturated heterocycles. The summed E-state index contributed by atoms with van der Waals surface area (Å²) < 4.78 is 26.2. The van der Waals surface area contributed by atoms with Gasteiger partial charge in [0.25, 0.3) is 0 Å². The van der Waals surface area contributed by atoms with E-state index in [9.17, 15) is 14.0 Å². The van der Waals surface area contributed by atoms with Gasteiger partial charge in [-0.1, -0.05) is 56.7 Å². The highest BCUT2D eigenvalue weighted by Crippen LogP contribution is 2.48. The zero-order valence-corrected chi connectivity index (χ0v) is 26.7. The number of nitrogens with one attached hydrogen (secondary N) is 1. The van der Waals surface area contributed by atoms with Crippen molar-refractivity contribution in [3.8, 4) is 11.5 Å². The van der Waals surface area contributed by atoms with E-state index >= 15 is 0 Å². The lowest BCUT2D eigenvalue weighted by Crippen LogP contribution is -2.22. The van der Waals surface area contributed by atoms with Gasteiger partial charge in [-0.2, -0.15) is 0 Å². The molecular formula is C39H39FN2O4. The van der Waals surface area contributed by atoms with E-state index in [2.05, 4.69) is 10.3 Å². The summed E-state index contributed by atoms with van der Waals surface area (Å²) in [4.78, 5) is 30.0. The normalized spacial score (nSPS) is 14.6. The molecule has 1 fully saturated rings. The maximum absolute atomic E-state index is 14.5. The van der Waals surface area contributed by atoms with Crippen LogP contribution in [-0.4, -0.2) is 24.0 Å². The Labute approximate surface area is 270 Å². The van der Waals surface area contributed by atoms with Crippen molar-refractivity contribution in [1.82, 2.24) is 10.3 Å². The number of halogens is 1. The van der Waals surface area contributed by atoms with Crippen molar-refractivity contribution in [3.63, 3.8) is 0 Å². The highest BCUT2D eigenvalue weighted by Gasteiger charge is 2.29. The number of amides is 1. The van der Waals surface area contributed by atoms with Crippen LogP contribution >= 0.6 is 0 Å². The summed E-state index contributed by atoms with van der Waals surface area (Å²) in [6.45, 7) is 6.39. The van der Waals surface area contributed by atoms with Gasteiger partial charge < -0.3 is 14.8 Å². The second-order valence-electron chi connectivity index (χ2n) is 11.2. The van der Waals surface area contributed by atoms with Gasteiger partial charge in [0.05, 0.1) is 19.1 Å². The molecule has 4 aromatic rings. The van der Waals surface area contributed by atoms with E-state index in [1.807, 2.05) is 69.3 Å². The number of rotatable bonds is 9. The van der Waals surface area contributed by atoms with Gasteiger partial charge in [-0.15, -0.1) is 0 Å². The molecule has 1 aromatic heterocycles. The Hall–Kier alpha value is -5.04. The van der Waals surface area contributed by atoms with E-state index in [0.29, 0.717) is 23.6 Å². The van der Waals surface area contributed by atoms with Crippen LogP contribution in [0.5, 0.6) is 11.5 Å². The largest absolute Gasteiger partial charge is 0.493 e. The van der Waals surface area contributed by atoms with Crippen LogP contribution in [0.3, 0.4) is 0 Å². The molecule has 6 nitrogen and oxygen atoms in total. The molecule has 2 aliphatic rings. The van der Waals surface area contributed by atoms with Gasteiger partial charge in [0.2, 0.25) is 5.91 Å². The number of carbonyl (C=O) groups excluding carboxylic acids is 2. The van der Waals surface area contributed by atoms with E-state index < -0.39 is 5.97 Å². The molecular weight excluding hydrogens is 579 g/mol. The highest BCUT2D eigenvalue weighted by atomic mass is 19.1. The van der Waals surface area contributed by atoms with Crippen LogP contribution in [-0.2, 0) is 11.3 Å². The van der Waals surface area contributed by atoms with Crippen LogP contribution in [0.15, 0.2) is 90.8 Å². The molecule has 0 unspecified atom stereocenters. The summed E-state index contributed by atoms with van der Waals surface area (Å²) in [5, 5.41) is 2.99. The number of ether oxygens (including phenoxy) is 2. The molecule has 1 heterocycles. The van der Waals surface area contributed by atoms with Crippen molar-refractivity contribution in [3.05, 3.63) is 130 Å². The molecule has 2 aliphatic carbocycles. The van der Waals surface area contributed by atoms with E-state index in [-0.39, 0.29) is 24.1 Å². The minimum Gasteiger partial charge on any atom is -0.493 e. The maximum Gasteiger partial charge on any atom is 0.345 e. The minimum absolute atomic E-state index is 0.131. The second-order valence-corrected chi connectivity index (χ2v) is 11.2. The average Bonchev–Trinajstić information content (AvgIpc) is 3.30. The fourth-order valence-electron chi connectivity index (χ4n) is 5.82. The van der Waals surface area contributed by atoms with Gasteiger partial charge in [-0.3, -0.25) is 9.78 Å². The zero-order chi connectivity index (χ0) is 32.6. The van der Waals surface area contributed by atoms with Crippen molar-refractivity contribution >= 4 is 29.1 Å². The van der Waals surface area contributed by atoms with Crippen molar-refractivity contribution in [2.75, 3.05) is 7.11 Å². The number of allylic oxidation sites excluding steroid dienone is 2. The van der Waals surface area contributed by atoms with Crippen molar-refractivity contribution in [2.45, 2.75) is 58.9 Å². The lowest BCUT2D eigenvalue weighted by molar-refractivity contribution is -0.120. The average molecular weight is 619 g/mol. The van der Waals surface area contributed by atoms with Gasteiger partial charge in [-0.25, -0.2) is 9.18 Å². The standard InChI is InChI=1S/C37H33FN2O4.C2H6/c1-23-30(29-14-13-28(38)19-33(29)31(23)20-35(41)40-21-24-8-4-3-5-9-24)16-25-17-32(26-10-6-11-26)36(34(18-25)43-2)44-37(42)27-12-7-15-39-22-27;1-2/h3-5,7-9,12-19,22,26H,6,10-11,20-21H2,1-2H3,(H,40,41);1-2H3/b30-16-;. The minimum atomic E-state index is -0.496. The molecule has 3 aromatic carbocycles. The topological polar surface area (TPSA) is 77.5 Å². The first kappa shape index (κ1) is 32.4. The number of methoxy groups -OCH3 is 1. The van der Waals surface area contributed by atoms with Gasteiger partial charge in [0.15, 0.2) is 11.5 Å². The predicted octanol–water partition coefficient (Wildman–Crippen LogP) is 8.78. The summed E-state index contributed by atoms with van der Waals surface area (Å²) >= 11 is 0. The summed E-state index contributed by atoms with van der Waals surface area (Å²) in [6, 6.07) is 21.7. The molecule has 0 bridgehead atoms. The number of carbonyl (C=O) groups is 2. The Kier molecular flexibility index (Phi) is 10.4. The summed E-state index contributed by atoms with van der Waals surface area (Å²) in [7, 11) is 1.56. The van der Waals surface area contributed by atoms with Crippen molar-refractivity contribution in [1.29, 1.82) is 0 Å². The Bertz CT molecular complexity index is 1780. The highest BCUT2D eigenvalue weighted by molar-refractivity contribution is 6.08. The Morgan fingerprint density at radius 2 is 1.78 bits per heavy atom. The first-order valence-corrected chi connectivity index (χ1v) is 15.8. The number of nitrogens with zero attached hydrogens (tertiary/aromatic N) is 1. The second kappa shape index (κ2) is 14.8. The predicted molar refractivity (Wildman–Crippen MR) is 180 cm³/mol. The molecule has 0 aliphatic heterocycles. The molecule has 1 amide bonds.